The molecule has 0 N–H and O–H groups in total. The van der Waals surface area contributed by atoms with E-state index < -0.39 is 0 Å². The van der Waals surface area contributed by atoms with E-state index in [1.165, 1.54) is 225 Å². The van der Waals surface area contributed by atoms with E-state index in [4.69, 9.17) is 9.47 Å². The van der Waals surface area contributed by atoms with Crippen LogP contribution in [0.2, 0.25) is 0 Å². The van der Waals surface area contributed by atoms with Crippen molar-refractivity contribution in [3.63, 3.8) is 0 Å². The quantitative estimate of drug-likeness (QED) is 0.0660. The van der Waals surface area contributed by atoms with Crippen LogP contribution in [0.3, 0.4) is 0 Å². The average Bonchev–Trinajstić information content (AvgIpc) is 3.47. The standard InChI is InChI=1S/C41H82O2/c1-3-5-7-9-11-13-15-17-19-21-23-25-27-29-31-33-38-42-40-36-35-37-41(40)43-39-34-32-30-28-26-24-22-20-18-16-14-12-10-8-6-4-2/h40-41H,3-39H2,1-2H3/t40-,41-/m1/s1. The molecular formula is C41H82O2. The van der Waals surface area contributed by atoms with Gasteiger partial charge in [-0.3, -0.25) is 0 Å². The van der Waals surface area contributed by atoms with E-state index in [0.717, 1.165) is 13.2 Å². The van der Waals surface area contributed by atoms with Gasteiger partial charge in [0.2, 0.25) is 0 Å². The van der Waals surface area contributed by atoms with E-state index in [1.54, 1.807) is 0 Å². The van der Waals surface area contributed by atoms with Gasteiger partial charge in [-0.15, -0.1) is 0 Å². The fourth-order valence-electron chi connectivity index (χ4n) is 7.04. The minimum Gasteiger partial charge on any atom is -0.376 e. The SMILES string of the molecule is CCCCCCCCCCCCCCCCCCO[C@@H]1CCC[C@H]1OCCCCCCCCCCCCCCCCCC. The van der Waals surface area contributed by atoms with E-state index in [-0.39, 0.29) is 0 Å². The van der Waals surface area contributed by atoms with Gasteiger partial charge < -0.3 is 9.47 Å². The van der Waals surface area contributed by atoms with Crippen LogP contribution >= 0.6 is 0 Å². The summed E-state index contributed by atoms with van der Waals surface area (Å²) in [5, 5.41) is 0. The van der Waals surface area contributed by atoms with Crippen molar-refractivity contribution in [1.82, 2.24) is 0 Å². The number of ether oxygens (including phenoxy) is 2. The first-order chi connectivity index (χ1) is 21.4. The largest absolute Gasteiger partial charge is 0.376 e. The van der Waals surface area contributed by atoms with Crippen molar-refractivity contribution in [3.8, 4) is 0 Å². The number of rotatable bonds is 36. The molecule has 43 heavy (non-hydrogen) atoms. The minimum absolute atomic E-state index is 0.373. The summed E-state index contributed by atoms with van der Waals surface area (Å²) in [5.74, 6) is 0. The second-order valence-electron chi connectivity index (χ2n) is 14.4. The highest BCUT2D eigenvalue weighted by molar-refractivity contribution is 4.79. The first-order valence-electron chi connectivity index (χ1n) is 20.6. The second-order valence-corrected chi connectivity index (χ2v) is 14.4. The maximum Gasteiger partial charge on any atom is 0.0836 e. The molecule has 1 aliphatic rings. The lowest BCUT2D eigenvalue weighted by molar-refractivity contribution is -0.0578. The molecule has 1 rings (SSSR count). The highest BCUT2D eigenvalue weighted by atomic mass is 16.5. The Labute approximate surface area is 273 Å². The van der Waals surface area contributed by atoms with Crippen LogP contribution in [0.15, 0.2) is 0 Å². The maximum atomic E-state index is 6.29. The molecule has 258 valence electrons. The van der Waals surface area contributed by atoms with Gasteiger partial charge in [0.1, 0.15) is 0 Å². The molecule has 1 saturated carbocycles. The summed E-state index contributed by atoms with van der Waals surface area (Å²) in [4.78, 5) is 0. The Balaban J connectivity index is 1.77. The van der Waals surface area contributed by atoms with Crippen molar-refractivity contribution in [1.29, 1.82) is 0 Å². The van der Waals surface area contributed by atoms with Crippen LogP contribution in [0.4, 0.5) is 0 Å². The topological polar surface area (TPSA) is 18.5 Å². The van der Waals surface area contributed by atoms with E-state index in [0.29, 0.717) is 12.2 Å². The first-order valence-corrected chi connectivity index (χ1v) is 20.6. The van der Waals surface area contributed by atoms with Gasteiger partial charge >= 0.3 is 0 Å². The lowest BCUT2D eigenvalue weighted by atomic mass is 10.0. The molecule has 0 aromatic carbocycles. The van der Waals surface area contributed by atoms with Gasteiger partial charge in [0, 0.05) is 13.2 Å². The van der Waals surface area contributed by atoms with Crippen LogP contribution in [0.5, 0.6) is 0 Å². The van der Waals surface area contributed by atoms with Crippen molar-refractivity contribution in [2.24, 2.45) is 0 Å². The third-order valence-electron chi connectivity index (χ3n) is 10.1. The molecule has 0 heterocycles. The molecule has 0 spiro atoms. The zero-order chi connectivity index (χ0) is 30.7. The Hall–Kier alpha value is -0.0800. The highest BCUT2D eigenvalue weighted by Crippen LogP contribution is 2.26. The average molecular weight is 607 g/mol. The Morgan fingerprint density at radius 2 is 0.512 bits per heavy atom. The maximum absolute atomic E-state index is 6.29. The van der Waals surface area contributed by atoms with Crippen LogP contribution < -0.4 is 0 Å². The molecule has 0 aromatic heterocycles. The van der Waals surface area contributed by atoms with Crippen LogP contribution in [-0.2, 0) is 9.47 Å². The number of hydrogen-bond acceptors (Lipinski definition) is 2. The molecule has 0 amide bonds. The van der Waals surface area contributed by atoms with Crippen LogP contribution in [0.25, 0.3) is 0 Å². The van der Waals surface area contributed by atoms with Crippen molar-refractivity contribution in [2.75, 3.05) is 13.2 Å². The van der Waals surface area contributed by atoms with Gasteiger partial charge in [0.05, 0.1) is 12.2 Å². The lowest BCUT2D eigenvalue weighted by Crippen LogP contribution is -2.27. The summed E-state index contributed by atoms with van der Waals surface area (Å²) in [5.41, 5.74) is 0. The van der Waals surface area contributed by atoms with Crippen LogP contribution in [0.1, 0.15) is 239 Å². The van der Waals surface area contributed by atoms with Crippen molar-refractivity contribution < 1.29 is 9.47 Å². The highest BCUT2D eigenvalue weighted by Gasteiger charge is 2.28. The first kappa shape index (κ1) is 40.9. The summed E-state index contributed by atoms with van der Waals surface area (Å²) in [6.07, 6.45) is 50.1. The zero-order valence-corrected chi connectivity index (χ0v) is 30.1. The second kappa shape index (κ2) is 34.8. The molecule has 2 nitrogen and oxygen atoms in total. The van der Waals surface area contributed by atoms with Crippen molar-refractivity contribution >= 4 is 0 Å². The summed E-state index contributed by atoms with van der Waals surface area (Å²) < 4.78 is 12.6. The molecule has 0 radical (unpaired) electrons. The Bertz CT molecular complexity index is 462. The fraction of sp³-hybridized carbons (Fsp3) is 1.00. The van der Waals surface area contributed by atoms with Gasteiger partial charge in [-0.05, 0) is 32.1 Å². The van der Waals surface area contributed by atoms with Gasteiger partial charge in [0.25, 0.3) is 0 Å². The number of unbranched alkanes of at least 4 members (excludes halogenated alkanes) is 30. The fourth-order valence-corrected chi connectivity index (χ4v) is 7.04. The summed E-state index contributed by atoms with van der Waals surface area (Å²) in [6, 6.07) is 0. The third-order valence-corrected chi connectivity index (χ3v) is 10.1. The van der Waals surface area contributed by atoms with E-state index in [2.05, 4.69) is 13.8 Å². The Morgan fingerprint density at radius 1 is 0.302 bits per heavy atom. The monoisotopic (exact) mass is 607 g/mol. The zero-order valence-electron chi connectivity index (χ0n) is 30.1. The summed E-state index contributed by atoms with van der Waals surface area (Å²) in [7, 11) is 0. The predicted molar refractivity (Wildman–Crippen MR) is 192 cm³/mol. The predicted octanol–water partition coefficient (Wildman–Crippen LogP) is 14.5. The minimum atomic E-state index is 0.373. The molecule has 1 fully saturated rings. The molecule has 1 aliphatic carbocycles. The molecule has 0 bridgehead atoms. The molecular weight excluding hydrogens is 524 g/mol. The Morgan fingerprint density at radius 3 is 0.744 bits per heavy atom. The molecule has 0 aliphatic heterocycles. The van der Waals surface area contributed by atoms with Crippen molar-refractivity contribution in [2.45, 2.75) is 251 Å². The molecule has 0 unspecified atom stereocenters. The van der Waals surface area contributed by atoms with Crippen molar-refractivity contribution in [3.05, 3.63) is 0 Å². The van der Waals surface area contributed by atoms with Crippen LogP contribution in [-0.4, -0.2) is 25.4 Å². The van der Waals surface area contributed by atoms with Gasteiger partial charge in [-0.1, -0.05) is 206 Å². The van der Waals surface area contributed by atoms with E-state index in [9.17, 15) is 0 Å². The third kappa shape index (κ3) is 29.1. The van der Waals surface area contributed by atoms with E-state index in [1.807, 2.05) is 0 Å². The lowest BCUT2D eigenvalue weighted by Gasteiger charge is -2.21. The molecule has 0 saturated heterocycles. The van der Waals surface area contributed by atoms with Crippen LogP contribution in [0, 0.1) is 0 Å². The molecule has 2 atom stereocenters. The van der Waals surface area contributed by atoms with E-state index >= 15 is 0 Å². The van der Waals surface area contributed by atoms with Gasteiger partial charge in [0.15, 0.2) is 0 Å². The molecule has 2 heteroatoms. The normalized spacial score (nSPS) is 16.9. The Kier molecular flexibility index (Phi) is 33.1. The van der Waals surface area contributed by atoms with Gasteiger partial charge in [-0.2, -0.15) is 0 Å². The smallest absolute Gasteiger partial charge is 0.0836 e. The summed E-state index contributed by atoms with van der Waals surface area (Å²) >= 11 is 0. The number of hydrogen-bond donors (Lipinski definition) is 0. The van der Waals surface area contributed by atoms with Gasteiger partial charge in [-0.25, -0.2) is 0 Å². The molecule has 0 aromatic rings. The summed E-state index contributed by atoms with van der Waals surface area (Å²) in [6.45, 7) is 6.50.